The third-order valence-electron chi connectivity index (χ3n) is 3.60. The van der Waals surface area contributed by atoms with Crippen LogP contribution in [0.15, 0.2) is 29.3 Å². The number of aromatic hydroxyl groups is 1. The van der Waals surface area contributed by atoms with Crippen molar-refractivity contribution < 1.29 is 9.84 Å². The van der Waals surface area contributed by atoms with Crippen molar-refractivity contribution >= 4 is 5.90 Å². The van der Waals surface area contributed by atoms with Gasteiger partial charge in [-0.25, -0.2) is 4.99 Å². The normalized spacial score (nSPS) is 27.7. The standard InChI is InChI=1S/C14H18N2O2/c17-12-5-3-10(4-6-12)13-9-18-14(16-13)11-2-1-7-15-8-11/h3-6,11,13,15,17H,1-2,7-9H2. The van der Waals surface area contributed by atoms with Gasteiger partial charge in [0.25, 0.3) is 0 Å². The first-order valence-corrected chi connectivity index (χ1v) is 6.53. The second-order valence-corrected chi connectivity index (χ2v) is 4.93. The fraction of sp³-hybridized carbons (Fsp3) is 0.500. The largest absolute Gasteiger partial charge is 0.508 e. The summed E-state index contributed by atoms with van der Waals surface area (Å²) in [5.74, 6) is 1.62. The lowest BCUT2D eigenvalue weighted by Crippen LogP contribution is -2.34. The van der Waals surface area contributed by atoms with Gasteiger partial charge in [0.05, 0.1) is 0 Å². The van der Waals surface area contributed by atoms with Crippen LogP contribution in [0.25, 0.3) is 0 Å². The molecule has 0 spiro atoms. The van der Waals surface area contributed by atoms with E-state index in [-0.39, 0.29) is 6.04 Å². The Morgan fingerprint density at radius 3 is 2.83 bits per heavy atom. The van der Waals surface area contributed by atoms with Crippen molar-refractivity contribution in [2.45, 2.75) is 18.9 Å². The highest BCUT2D eigenvalue weighted by Crippen LogP contribution is 2.27. The molecule has 2 heterocycles. The van der Waals surface area contributed by atoms with Gasteiger partial charge in [-0.05, 0) is 37.1 Å². The topological polar surface area (TPSA) is 53.9 Å². The average molecular weight is 246 g/mol. The van der Waals surface area contributed by atoms with Crippen molar-refractivity contribution in [2.75, 3.05) is 19.7 Å². The quantitative estimate of drug-likeness (QED) is 0.837. The molecule has 2 aliphatic rings. The van der Waals surface area contributed by atoms with Crippen LogP contribution in [0.4, 0.5) is 0 Å². The average Bonchev–Trinajstić information content (AvgIpc) is 2.90. The molecule has 0 aromatic heterocycles. The molecule has 1 aromatic rings. The highest BCUT2D eigenvalue weighted by molar-refractivity contribution is 5.80. The summed E-state index contributed by atoms with van der Waals surface area (Å²) in [5, 5.41) is 12.7. The molecular formula is C14H18N2O2. The lowest BCUT2D eigenvalue weighted by Gasteiger charge is -2.21. The van der Waals surface area contributed by atoms with E-state index in [0.717, 1.165) is 31.0 Å². The zero-order chi connectivity index (χ0) is 12.4. The molecule has 3 rings (SSSR count). The van der Waals surface area contributed by atoms with E-state index in [9.17, 15) is 5.11 Å². The maximum Gasteiger partial charge on any atom is 0.188 e. The van der Waals surface area contributed by atoms with Crippen molar-refractivity contribution in [2.24, 2.45) is 10.9 Å². The van der Waals surface area contributed by atoms with Crippen molar-refractivity contribution in [3.05, 3.63) is 29.8 Å². The van der Waals surface area contributed by atoms with Crippen molar-refractivity contribution in [1.82, 2.24) is 5.32 Å². The Morgan fingerprint density at radius 1 is 1.28 bits per heavy atom. The summed E-state index contributed by atoms with van der Waals surface area (Å²) < 4.78 is 5.74. The van der Waals surface area contributed by atoms with Crippen molar-refractivity contribution in [3.63, 3.8) is 0 Å². The van der Waals surface area contributed by atoms with E-state index in [1.165, 1.54) is 6.42 Å². The summed E-state index contributed by atoms with van der Waals surface area (Å²) in [7, 11) is 0. The van der Waals surface area contributed by atoms with E-state index < -0.39 is 0 Å². The number of nitrogens with zero attached hydrogens (tertiary/aromatic N) is 1. The van der Waals surface area contributed by atoms with Gasteiger partial charge in [0.1, 0.15) is 18.4 Å². The number of nitrogens with one attached hydrogen (secondary N) is 1. The number of ether oxygens (including phenoxy) is 1. The monoisotopic (exact) mass is 246 g/mol. The zero-order valence-corrected chi connectivity index (χ0v) is 10.3. The summed E-state index contributed by atoms with van der Waals surface area (Å²) in [4.78, 5) is 4.68. The van der Waals surface area contributed by atoms with Crippen LogP contribution in [0.2, 0.25) is 0 Å². The molecule has 1 aromatic carbocycles. The summed E-state index contributed by atoms with van der Waals surface area (Å²) in [6.07, 6.45) is 2.35. The number of phenolic OH excluding ortho intramolecular Hbond substituents is 1. The zero-order valence-electron chi connectivity index (χ0n) is 10.3. The molecule has 0 bridgehead atoms. The number of hydrogen-bond donors (Lipinski definition) is 2. The number of phenols is 1. The predicted molar refractivity (Wildman–Crippen MR) is 69.8 cm³/mol. The molecule has 2 atom stereocenters. The van der Waals surface area contributed by atoms with Gasteiger partial charge in [-0.3, -0.25) is 0 Å². The lowest BCUT2D eigenvalue weighted by atomic mass is 9.99. The third kappa shape index (κ3) is 2.34. The van der Waals surface area contributed by atoms with Crippen LogP contribution in [0.5, 0.6) is 5.75 Å². The molecule has 2 aliphatic heterocycles. The first-order valence-electron chi connectivity index (χ1n) is 6.53. The molecule has 1 fully saturated rings. The van der Waals surface area contributed by atoms with Crippen molar-refractivity contribution in [1.29, 1.82) is 0 Å². The van der Waals surface area contributed by atoms with Gasteiger partial charge >= 0.3 is 0 Å². The number of rotatable bonds is 2. The summed E-state index contributed by atoms with van der Waals surface area (Å²) in [6, 6.07) is 7.31. The van der Waals surface area contributed by atoms with E-state index in [1.807, 2.05) is 12.1 Å². The molecule has 18 heavy (non-hydrogen) atoms. The Bertz CT molecular complexity index is 436. The highest BCUT2D eigenvalue weighted by Gasteiger charge is 2.27. The molecule has 4 heteroatoms. The lowest BCUT2D eigenvalue weighted by molar-refractivity contribution is 0.286. The SMILES string of the molecule is Oc1ccc(C2COC(C3CCCNC3)=N2)cc1. The van der Waals surface area contributed by atoms with Gasteiger partial charge in [0, 0.05) is 12.5 Å². The van der Waals surface area contributed by atoms with E-state index in [1.54, 1.807) is 12.1 Å². The van der Waals surface area contributed by atoms with E-state index in [0.29, 0.717) is 18.3 Å². The van der Waals surface area contributed by atoms with Crippen LogP contribution >= 0.6 is 0 Å². The maximum atomic E-state index is 9.28. The van der Waals surface area contributed by atoms with Gasteiger partial charge in [0.15, 0.2) is 5.90 Å². The summed E-state index contributed by atoms with van der Waals surface area (Å²) in [5.41, 5.74) is 1.10. The Balaban J connectivity index is 1.72. The van der Waals surface area contributed by atoms with Gasteiger partial charge in [0.2, 0.25) is 0 Å². The molecule has 0 aliphatic carbocycles. The number of hydrogen-bond acceptors (Lipinski definition) is 4. The Kier molecular flexibility index (Phi) is 3.19. The van der Waals surface area contributed by atoms with Gasteiger partial charge in [-0.2, -0.15) is 0 Å². The fourth-order valence-corrected chi connectivity index (χ4v) is 2.55. The first kappa shape index (κ1) is 11.5. The van der Waals surface area contributed by atoms with E-state index >= 15 is 0 Å². The van der Waals surface area contributed by atoms with Crippen LogP contribution in [-0.2, 0) is 4.74 Å². The highest BCUT2D eigenvalue weighted by atomic mass is 16.5. The van der Waals surface area contributed by atoms with Gasteiger partial charge in [-0.1, -0.05) is 12.1 Å². The Hall–Kier alpha value is -1.55. The predicted octanol–water partition coefficient (Wildman–Crippen LogP) is 1.86. The summed E-state index contributed by atoms with van der Waals surface area (Å²) >= 11 is 0. The first-order chi connectivity index (χ1) is 8.83. The van der Waals surface area contributed by atoms with E-state index in [4.69, 9.17) is 4.74 Å². The Labute approximate surface area is 107 Å². The van der Waals surface area contributed by atoms with Gasteiger partial charge in [-0.15, -0.1) is 0 Å². The van der Waals surface area contributed by atoms with Crippen molar-refractivity contribution in [3.8, 4) is 5.75 Å². The number of benzene rings is 1. The van der Waals surface area contributed by atoms with Crippen LogP contribution in [0.3, 0.4) is 0 Å². The van der Waals surface area contributed by atoms with Crippen LogP contribution in [-0.4, -0.2) is 30.7 Å². The minimum Gasteiger partial charge on any atom is -0.508 e. The van der Waals surface area contributed by atoms with Crippen LogP contribution in [0, 0.1) is 5.92 Å². The molecule has 2 unspecified atom stereocenters. The minimum absolute atomic E-state index is 0.0857. The fourth-order valence-electron chi connectivity index (χ4n) is 2.55. The smallest absolute Gasteiger partial charge is 0.188 e. The van der Waals surface area contributed by atoms with E-state index in [2.05, 4.69) is 10.3 Å². The van der Waals surface area contributed by atoms with Crippen LogP contribution in [0.1, 0.15) is 24.4 Å². The number of aliphatic imine (C=N–C) groups is 1. The molecule has 4 nitrogen and oxygen atoms in total. The molecule has 0 radical (unpaired) electrons. The second-order valence-electron chi connectivity index (χ2n) is 4.93. The second kappa shape index (κ2) is 4.98. The number of piperidine rings is 1. The minimum atomic E-state index is 0.0857. The molecular weight excluding hydrogens is 228 g/mol. The maximum absolute atomic E-state index is 9.28. The molecule has 2 N–H and O–H groups in total. The summed E-state index contributed by atoms with van der Waals surface area (Å²) in [6.45, 7) is 2.70. The molecule has 96 valence electrons. The third-order valence-corrected chi connectivity index (χ3v) is 3.60. The molecule has 1 saturated heterocycles. The molecule has 0 saturated carbocycles. The molecule has 0 amide bonds. The Morgan fingerprint density at radius 2 is 2.11 bits per heavy atom. The van der Waals surface area contributed by atoms with Gasteiger partial charge < -0.3 is 15.2 Å². The van der Waals surface area contributed by atoms with Crippen LogP contribution < -0.4 is 5.32 Å².